The minimum atomic E-state index is -3.43. The largest absolute Gasteiger partial charge is 0.338 e. The summed E-state index contributed by atoms with van der Waals surface area (Å²) < 4.78 is 27.0. The molecular weight excluding hydrogens is 398 g/mol. The van der Waals surface area contributed by atoms with Gasteiger partial charge in [0.2, 0.25) is 15.9 Å². The molecule has 2 aliphatic heterocycles. The van der Waals surface area contributed by atoms with Gasteiger partial charge in [-0.05, 0) is 56.7 Å². The summed E-state index contributed by atoms with van der Waals surface area (Å²) >= 11 is 0. The van der Waals surface area contributed by atoms with Crippen molar-refractivity contribution in [2.45, 2.75) is 68.8 Å². The van der Waals surface area contributed by atoms with E-state index in [4.69, 9.17) is 5.73 Å². The summed E-state index contributed by atoms with van der Waals surface area (Å²) in [4.78, 5) is 15.0. The quantitative estimate of drug-likeness (QED) is 0.779. The summed E-state index contributed by atoms with van der Waals surface area (Å²) in [5.74, 6) is 0.0728. The number of hydrogen-bond acceptors (Lipinski definition) is 4. The average molecular weight is 430 g/mol. The number of likely N-dealkylation sites (tertiary alicyclic amines) is 1. The highest BCUT2D eigenvalue weighted by Crippen LogP contribution is 2.23. The number of nitrogens with two attached hydrogens (primary N) is 1. The molecule has 2 saturated heterocycles. The van der Waals surface area contributed by atoms with Gasteiger partial charge >= 0.3 is 0 Å². The number of carbonyl (C=O) groups excluding carboxylic acids is 1. The smallest absolute Gasteiger partial charge is 0.243 e. The van der Waals surface area contributed by atoms with Crippen molar-refractivity contribution in [2.24, 2.45) is 5.73 Å². The lowest BCUT2D eigenvalue weighted by Crippen LogP contribution is -2.52. The molecule has 0 saturated carbocycles. The van der Waals surface area contributed by atoms with Gasteiger partial charge in [-0.25, -0.2) is 8.42 Å². The van der Waals surface area contributed by atoms with Crippen molar-refractivity contribution >= 4 is 28.3 Å². The third-order valence-electron chi connectivity index (χ3n) is 5.71. The van der Waals surface area contributed by atoms with Crippen molar-refractivity contribution in [3.05, 3.63) is 29.8 Å². The Kier molecular flexibility index (Phi) is 8.30. The van der Waals surface area contributed by atoms with Crippen LogP contribution in [-0.2, 0) is 21.2 Å². The molecule has 0 aliphatic carbocycles. The molecule has 158 valence electrons. The molecule has 0 bridgehead atoms. The highest BCUT2D eigenvalue weighted by atomic mass is 35.5. The van der Waals surface area contributed by atoms with Crippen LogP contribution in [0.4, 0.5) is 0 Å². The van der Waals surface area contributed by atoms with Crippen LogP contribution in [0, 0.1) is 0 Å². The minimum absolute atomic E-state index is 0. The zero-order valence-corrected chi connectivity index (χ0v) is 18.2. The topological polar surface area (TPSA) is 83.7 Å². The van der Waals surface area contributed by atoms with E-state index in [9.17, 15) is 13.2 Å². The maximum Gasteiger partial charge on any atom is 0.243 e. The van der Waals surface area contributed by atoms with Crippen LogP contribution < -0.4 is 5.73 Å². The van der Waals surface area contributed by atoms with Gasteiger partial charge in [0.15, 0.2) is 0 Å². The van der Waals surface area contributed by atoms with Crippen LogP contribution in [0.15, 0.2) is 29.2 Å². The van der Waals surface area contributed by atoms with Crippen LogP contribution >= 0.6 is 12.4 Å². The number of nitrogens with zero attached hydrogens (tertiary/aromatic N) is 2. The zero-order valence-electron chi connectivity index (χ0n) is 16.5. The molecule has 2 unspecified atom stereocenters. The second-order valence-corrected chi connectivity index (χ2v) is 9.73. The molecule has 8 heteroatoms. The first-order valence-electron chi connectivity index (χ1n) is 10.0. The molecule has 2 atom stereocenters. The third-order valence-corrected chi connectivity index (χ3v) is 7.62. The second kappa shape index (κ2) is 10.1. The fraction of sp³-hybridized carbons (Fsp3) is 0.650. The molecule has 2 heterocycles. The Morgan fingerprint density at radius 2 is 1.68 bits per heavy atom. The van der Waals surface area contributed by atoms with Gasteiger partial charge in [0.1, 0.15) is 0 Å². The van der Waals surface area contributed by atoms with Crippen molar-refractivity contribution in [2.75, 3.05) is 19.6 Å². The number of halogens is 1. The van der Waals surface area contributed by atoms with Gasteiger partial charge in [-0.2, -0.15) is 4.31 Å². The van der Waals surface area contributed by atoms with Gasteiger partial charge in [-0.3, -0.25) is 4.79 Å². The van der Waals surface area contributed by atoms with E-state index in [0.29, 0.717) is 18.0 Å². The van der Waals surface area contributed by atoms with Crippen molar-refractivity contribution in [3.63, 3.8) is 0 Å². The van der Waals surface area contributed by atoms with Crippen LogP contribution in [0.25, 0.3) is 0 Å². The fourth-order valence-corrected chi connectivity index (χ4v) is 5.64. The monoisotopic (exact) mass is 429 g/mol. The van der Waals surface area contributed by atoms with E-state index in [1.165, 1.54) is 0 Å². The maximum atomic E-state index is 12.8. The highest BCUT2D eigenvalue weighted by Gasteiger charge is 2.29. The third kappa shape index (κ3) is 5.26. The maximum absolute atomic E-state index is 12.8. The van der Waals surface area contributed by atoms with E-state index in [1.54, 1.807) is 28.6 Å². The van der Waals surface area contributed by atoms with Crippen LogP contribution in [-0.4, -0.2) is 55.2 Å². The number of amides is 1. The average Bonchev–Trinajstić information content (AvgIpc) is 2.69. The fourth-order valence-electron chi connectivity index (χ4n) is 4.12. The summed E-state index contributed by atoms with van der Waals surface area (Å²) in [6.45, 7) is 3.90. The van der Waals surface area contributed by atoms with Crippen LogP contribution in [0.1, 0.15) is 51.0 Å². The number of piperidine rings is 2. The number of rotatable bonds is 5. The molecule has 1 amide bonds. The Morgan fingerprint density at radius 1 is 1.07 bits per heavy atom. The Bertz CT molecular complexity index is 746. The number of carbonyl (C=O) groups is 1. The zero-order chi connectivity index (χ0) is 19.4. The predicted molar refractivity (Wildman–Crippen MR) is 113 cm³/mol. The molecule has 28 heavy (non-hydrogen) atoms. The highest BCUT2D eigenvalue weighted by molar-refractivity contribution is 7.89. The molecule has 3 rings (SSSR count). The first-order valence-corrected chi connectivity index (χ1v) is 11.5. The van der Waals surface area contributed by atoms with Gasteiger partial charge < -0.3 is 10.6 Å². The van der Waals surface area contributed by atoms with E-state index < -0.39 is 10.0 Å². The Labute approximate surface area is 174 Å². The molecule has 2 N–H and O–H groups in total. The molecule has 2 aliphatic rings. The van der Waals surface area contributed by atoms with Gasteiger partial charge in [0.05, 0.1) is 11.3 Å². The van der Waals surface area contributed by atoms with Gasteiger partial charge in [-0.1, -0.05) is 18.6 Å². The normalized spacial score (nSPS) is 22.4. The molecule has 0 spiro atoms. The lowest BCUT2D eigenvalue weighted by Gasteiger charge is -2.38. The van der Waals surface area contributed by atoms with Gasteiger partial charge in [-0.15, -0.1) is 12.4 Å². The van der Waals surface area contributed by atoms with E-state index in [1.807, 2.05) is 11.8 Å². The summed E-state index contributed by atoms with van der Waals surface area (Å²) in [5, 5.41) is 0. The second-order valence-electron chi connectivity index (χ2n) is 7.79. The van der Waals surface area contributed by atoms with E-state index in [2.05, 4.69) is 0 Å². The van der Waals surface area contributed by atoms with Crippen molar-refractivity contribution < 1.29 is 13.2 Å². The molecule has 1 aromatic carbocycles. The van der Waals surface area contributed by atoms with E-state index >= 15 is 0 Å². The summed E-state index contributed by atoms with van der Waals surface area (Å²) in [6.07, 6.45) is 6.29. The van der Waals surface area contributed by atoms with Crippen molar-refractivity contribution in [1.29, 1.82) is 0 Å². The number of sulfonamides is 1. The van der Waals surface area contributed by atoms with Crippen molar-refractivity contribution in [3.8, 4) is 0 Å². The number of benzene rings is 1. The molecule has 2 fully saturated rings. The first kappa shape index (κ1) is 23.1. The molecule has 1 aromatic rings. The van der Waals surface area contributed by atoms with Gasteiger partial charge in [0, 0.05) is 31.7 Å². The minimum Gasteiger partial charge on any atom is -0.338 e. The summed E-state index contributed by atoms with van der Waals surface area (Å²) in [7, 11) is -3.43. The molecule has 0 radical (unpaired) electrons. The van der Waals surface area contributed by atoms with E-state index in [0.717, 1.165) is 50.6 Å². The van der Waals surface area contributed by atoms with Crippen LogP contribution in [0.5, 0.6) is 0 Å². The van der Waals surface area contributed by atoms with E-state index in [-0.39, 0.29) is 36.8 Å². The SMILES string of the molecule is CC(N)C1CCCCN1C(=O)Cc1ccc(S(=O)(=O)N2CCCCC2)cc1.Cl. The summed E-state index contributed by atoms with van der Waals surface area (Å²) in [6, 6.07) is 6.85. The molecule has 6 nitrogen and oxygen atoms in total. The number of hydrogen-bond donors (Lipinski definition) is 1. The summed E-state index contributed by atoms with van der Waals surface area (Å²) in [5.41, 5.74) is 6.90. The standard InChI is InChI=1S/C20H31N3O3S.ClH/c1-16(21)19-7-3-6-14-23(19)20(24)15-17-8-10-18(11-9-17)27(25,26)22-12-4-2-5-13-22;/h8-11,16,19H,2-7,12-15,21H2,1H3;1H. The van der Waals surface area contributed by atoms with Crippen molar-refractivity contribution in [1.82, 2.24) is 9.21 Å². The van der Waals surface area contributed by atoms with Gasteiger partial charge in [0.25, 0.3) is 0 Å². The first-order chi connectivity index (χ1) is 12.9. The van der Waals surface area contributed by atoms with Crippen LogP contribution in [0.3, 0.4) is 0 Å². The lowest BCUT2D eigenvalue weighted by atomic mass is 9.96. The lowest BCUT2D eigenvalue weighted by molar-refractivity contribution is -0.134. The predicted octanol–water partition coefficient (Wildman–Crippen LogP) is 2.55. The Morgan fingerprint density at radius 3 is 2.29 bits per heavy atom. The molecule has 0 aromatic heterocycles. The molecular formula is C20H32ClN3O3S. The Hall–Kier alpha value is -1.15. The Balaban J connectivity index is 0.00000280. The van der Waals surface area contributed by atoms with Crippen LogP contribution in [0.2, 0.25) is 0 Å².